The van der Waals surface area contributed by atoms with Crippen molar-refractivity contribution >= 4 is 16.7 Å². The molecule has 2 aromatic carbocycles. The zero-order chi connectivity index (χ0) is 23.4. The van der Waals surface area contributed by atoms with E-state index in [9.17, 15) is 0 Å². The summed E-state index contributed by atoms with van der Waals surface area (Å²) in [6, 6.07) is 18.5. The van der Waals surface area contributed by atoms with Crippen LogP contribution in [-0.4, -0.2) is 47.7 Å². The molecular weight excluding hydrogens is 412 g/mol. The van der Waals surface area contributed by atoms with Gasteiger partial charge in [0.2, 0.25) is 0 Å². The molecule has 33 heavy (non-hydrogen) atoms. The van der Waals surface area contributed by atoms with Crippen molar-refractivity contribution in [1.29, 1.82) is 0 Å². The third-order valence-electron chi connectivity index (χ3n) is 5.84. The van der Waals surface area contributed by atoms with Crippen LogP contribution in [0.5, 0.6) is 5.75 Å². The molecule has 1 atom stereocenters. The largest absolute Gasteiger partial charge is 0.483 e. The van der Waals surface area contributed by atoms with Gasteiger partial charge in [0, 0.05) is 14.1 Å². The van der Waals surface area contributed by atoms with Crippen LogP contribution in [0, 0.1) is 13.8 Å². The number of nitrogens with one attached hydrogen (secondary N) is 1. The lowest BCUT2D eigenvalue weighted by atomic mass is 10.0. The fourth-order valence-corrected chi connectivity index (χ4v) is 4.16. The highest BCUT2D eigenvalue weighted by molar-refractivity contribution is 5.92. The molecule has 2 heterocycles. The molecule has 1 unspecified atom stereocenters. The smallest absolute Gasteiger partial charge is 0.179 e. The summed E-state index contributed by atoms with van der Waals surface area (Å²) < 4.78 is 8.62. The molecule has 7 nitrogen and oxygen atoms in total. The normalized spacial score (nSPS) is 12.2. The molecule has 0 radical (unpaired) electrons. The number of hydrogen-bond donors (Lipinski definition) is 1. The van der Waals surface area contributed by atoms with E-state index in [4.69, 9.17) is 9.84 Å². The summed E-state index contributed by atoms with van der Waals surface area (Å²) in [7, 11) is 5.89. The Morgan fingerprint density at radius 2 is 1.73 bits per heavy atom. The van der Waals surface area contributed by atoms with E-state index < -0.39 is 0 Å². The van der Waals surface area contributed by atoms with Gasteiger partial charge in [-0.1, -0.05) is 42.5 Å². The first-order valence-corrected chi connectivity index (χ1v) is 11.4. The number of fused-ring (bicyclic) bond motifs is 1. The van der Waals surface area contributed by atoms with Crippen LogP contribution in [0.4, 0.5) is 5.82 Å². The van der Waals surface area contributed by atoms with E-state index in [2.05, 4.69) is 52.8 Å². The molecule has 7 heteroatoms. The molecule has 0 aliphatic carbocycles. The van der Waals surface area contributed by atoms with Gasteiger partial charge in [0.05, 0.1) is 16.8 Å². The maximum Gasteiger partial charge on any atom is 0.179 e. The van der Waals surface area contributed by atoms with Crippen LogP contribution >= 0.6 is 0 Å². The number of nitrogens with zero attached hydrogens (tertiary/aromatic N) is 5. The lowest BCUT2D eigenvalue weighted by molar-refractivity contribution is 0.191. The summed E-state index contributed by atoms with van der Waals surface area (Å²) in [5.41, 5.74) is 4.80. The number of rotatable bonds is 9. The summed E-state index contributed by atoms with van der Waals surface area (Å²) in [6.45, 7) is 5.00. The van der Waals surface area contributed by atoms with Crippen LogP contribution in [-0.2, 0) is 0 Å². The van der Waals surface area contributed by atoms with E-state index in [1.807, 2.05) is 61.9 Å². The topological polar surface area (TPSA) is 68.1 Å². The predicted octanol–water partition coefficient (Wildman–Crippen LogP) is 4.62. The monoisotopic (exact) mass is 444 g/mol. The highest BCUT2D eigenvalue weighted by atomic mass is 16.5. The maximum absolute atomic E-state index is 6.66. The van der Waals surface area contributed by atoms with E-state index in [0.717, 1.165) is 58.9 Å². The Morgan fingerprint density at radius 3 is 2.45 bits per heavy atom. The average Bonchev–Trinajstić information content (AvgIpc) is 3.17. The van der Waals surface area contributed by atoms with E-state index in [-0.39, 0.29) is 6.10 Å². The second kappa shape index (κ2) is 10.0. The molecule has 172 valence electrons. The fraction of sp³-hybridized carbons (Fsp3) is 0.346. The van der Waals surface area contributed by atoms with Gasteiger partial charge >= 0.3 is 0 Å². The molecule has 4 aromatic rings. The highest BCUT2D eigenvalue weighted by Crippen LogP contribution is 2.34. The van der Waals surface area contributed by atoms with Crippen LogP contribution in [0.25, 0.3) is 16.6 Å². The molecule has 0 fully saturated rings. The van der Waals surface area contributed by atoms with Crippen molar-refractivity contribution in [2.24, 2.45) is 0 Å². The summed E-state index contributed by atoms with van der Waals surface area (Å²) in [5, 5.41) is 18.0. The summed E-state index contributed by atoms with van der Waals surface area (Å²) in [4.78, 5) is 1.95. The van der Waals surface area contributed by atoms with Gasteiger partial charge in [-0.2, -0.15) is 10.2 Å². The van der Waals surface area contributed by atoms with Crippen molar-refractivity contribution in [2.75, 3.05) is 32.6 Å². The van der Waals surface area contributed by atoms with Crippen molar-refractivity contribution in [3.05, 3.63) is 71.5 Å². The van der Waals surface area contributed by atoms with Crippen molar-refractivity contribution in [2.45, 2.75) is 32.8 Å². The Kier molecular flexibility index (Phi) is 6.89. The standard InChI is InChI=1S/C26H32N6O/c1-18-24-19(2)32(30-25(24)26(29-28-18)31(4)5)21-14-9-10-15-23(21)33-22(16-11-17-27-3)20-12-7-6-8-13-20/h6-10,12-15,22,27H,11,16-17H2,1-5H3. The van der Waals surface area contributed by atoms with Crippen LogP contribution in [0.15, 0.2) is 54.6 Å². The minimum absolute atomic E-state index is 0.0478. The second-order valence-corrected chi connectivity index (χ2v) is 8.45. The van der Waals surface area contributed by atoms with Gasteiger partial charge < -0.3 is 15.0 Å². The number of ether oxygens (including phenoxy) is 1. The van der Waals surface area contributed by atoms with Crippen molar-refractivity contribution in [1.82, 2.24) is 25.3 Å². The van der Waals surface area contributed by atoms with E-state index >= 15 is 0 Å². The average molecular weight is 445 g/mol. The number of benzene rings is 2. The zero-order valence-electron chi connectivity index (χ0n) is 20.0. The highest BCUT2D eigenvalue weighted by Gasteiger charge is 2.21. The van der Waals surface area contributed by atoms with Gasteiger partial charge in [0.15, 0.2) is 5.82 Å². The molecule has 0 saturated carbocycles. The molecule has 1 N–H and O–H groups in total. The van der Waals surface area contributed by atoms with Crippen LogP contribution in [0.3, 0.4) is 0 Å². The number of aryl methyl sites for hydroxylation is 2. The molecule has 0 aliphatic heterocycles. The van der Waals surface area contributed by atoms with Gasteiger partial charge in [-0.05, 0) is 58.0 Å². The van der Waals surface area contributed by atoms with Crippen LogP contribution < -0.4 is 15.0 Å². The lowest BCUT2D eigenvalue weighted by Crippen LogP contribution is -2.14. The predicted molar refractivity (Wildman–Crippen MR) is 133 cm³/mol. The second-order valence-electron chi connectivity index (χ2n) is 8.45. The Hall–Kier alpha value is -3.45. The SMILES string of the molecule is CNCCCC(Oc1ccccc1-n1nc2c(N(C)C)nnc(C)c2c1C)c1ccccc1. The summed E-state index contributed by atoms with van der Waals surface area (Å²) in [5.74, 6) is 1.56. The van der Waals surface area contributed by atoms with E-state index in [1.165, 1.54) is 5.56 Å². The summed E-state index contributed by atoms with van der Waals surface area (Å²) >= 11 is 0. The van der Waals surface area contributed by atoms with Crippen molar-refractivity contribution < 1.29 is 4.74 Å². The Morgan fingerprint density at radius 1 is 1.00 bits per heavy atom. The van der Waals surface area contributed by atoms with E-state index in [0.29, 0.717) is 0 Å². The minimum atomic E-state index is -0.0478. The van der Waals surface area contributed by atoms with Gasteiger partial charge in [-0.15, -0.1) is 5.10 Å². The van der Waals surface area contributed by atoms with Crippen LogP contribution in [0.1, 0.15) is 35.9 Å². The number of aromatic nitrogens is 4. The number of para-hydroxylation sites is 2. The quantitative estimate of drug-likeness (QED) is 0.380. The van der Waals surface area contributed by atoms with Gasteiger partial charge in [0.25, 0.3) is 0 Å². The van der Waals surface area contributed by atoms with Gasteiger partial charge in [0.1, 0.15) is 23.1 Å². The van der Waals surface area contributed by atoms with E-state index in [1.54, 1.807) is 0 Å². The Balaban J connectivity index is 1.77. The van der Waals surface area contributed by atoms with Gasteiger partial charge in [-0.3, -0.25) is 0 Å². The first kappa shape index (κ1) is 22.7. The zero-order valence-corrected chi connectivity index (χ0v) is 20.0. The fourth-order valence-electron chi connectivity index (χ4n) is 4.16. The van der Waals surface area contributed by atoms with Crippen molar-refractivity contribution in [3.63, 3.8) is 0 Å². The molecule has 4 rings (SSSR count). The summed E-state index contributed by atoms with van der Waals surface area (Å²) in [6.07, 6.45) is 1.89. The number of hydrogen-bond acceptors (Lipinski definition) is 6. The van der Waals surface area contributed by atoms with Crippen LogP contribution in [0.2, 0.25) is 0 Å². The molecule has 2 aromatic heterocycles. The lowest BCUT2D eigenvalue weighted by Gasteiger charge is -2.22. The molecule has 0 spiro atoms. The maximum atomic E-state index is 6.66. The minimum Gasteiger partial charge on any atom is -0.483 e. The molecule has 0 bridgehead atoms. The third-order valence-corrected chi connectivity index (χ3v) is 5.84. The molecule has 0 amide bonds. The molecule has 0 aliphatic rings. The first-order chi connectivity index (χ1) is 16.0. The Labute approximate surface area is 195 Å². The van der Waals surface area contributed by atoms with Gasteiger partial charge in [-0.25, -0.2) is 4.68 Å². The Bertz CT molecular complexity index is 1220. The van der Waals surface area contributed by atoms with Crippen molar-refractivity contribution in [3.8, 4) is 11.4 Å². The first-order valence-electron chi connectivity index (χ1n) is 11.4. The molecular formula is C26H32N6O. The third kappa shape index (κ3) is 4.68. The number of anilines is 1. The molecule has 0 saturated heterocycles.